The van der Waals surface area contributed by atoms with E-state index in [2.05, 4.69) is 59.0 Å². The van der Waals surface area contributed by atoms with E-state index in [1.54, 1.807) is 7.11 Å². The van der Waals surface area contributed by atoms with Crippen molar-refractivity contribution in [1.82, 2.24) is 10.2 Å². The molecule has 22 heavy (non-hydrogen) atoms. The number of aryl methyl sites for hydroxylation is 1. The highest BCUT2D eigenvalue weighted by Gasteiger charge is 2.21. The average molecular weight is 321 g/mol. The lowest BCUT2D eigenvalue weighted by molar-refractivity contribution is 0.406. The maximum atomic E-state index is 5.39. The van der Waals surface area contributed by atoms with E-state index < -0.39 is 0 Å². The molecule has 0 bridgehead atoms. The standard InChI is InChI=1S/C17H27N3OS/c1-5-15-12-20(8-9-22-15)17(18-3)19-11-14-7-6-13(2)16(10-14)21-4/h6-7,10,15H,5,8-9,11-12H2,1-4H3,(H,18,19). The fraction of sp³-hybridized carbons (Fsp3) is 0.588. The third-order valence-corrected chi connectivity index (χ3v) is 5.40. The molecule has 0 amide bonds. The fourth-order valence-corrected chi connectivity index (χ4v) is 3.83. The number of nitrogens with one attached hydrogen (secondary N) is 1. The van der Waals surface area contributed by atoms with Crippen molar-refractivity contribution in [2.45, 2.75) is 32.1 Å². The molecule has 1 saturated heterocycles. The van der Waals surface area contributed by atoms with Crippen LogP contribution in [-0.2, 0) is 6.54 Å². The zero-order chi connectivity index (χ0) is 15.9. The molecule has 2 rings (SSSR count). The van der Waals surface area contributed by atoms with E-state index in [0.717, 1.165) is 36.9 Å². The molecular weight excluding hydrogens is 294 g/mol. The highest BCUT2D eigenvalue weighted by Crippen LogP contribution is 2.21. The number of rotatable bonds is 4. The van der Waals surface area contributed by atoms with Crippen LogP contribution in [0.15, 0.2) is 23.2 Å². The smallest absolute Gasteiger partial charge is 0.193 e. The number of guanidine groups is 1. The lowest BCUT2D eigenvalue weighted by Gasteiger charge is -2.34. The van der Waals surface area contributed by atoms with Gasteiger partial charge in [0.2, 0.25) is 0 Å². The second kappa shape index (κ2) is 8.32. The summed E-state index contributed by atoms with van der Waals surface area (Å²) in [5.74, 6) is 3.12. The first-order valence-electron chi connectivity index (χ1n) is 7.88. The van der Waals surface area contributed by atoms with E-state index >= 15 is 0 Å². The van der Waals surface area contributed by atoms with Gasteiger partial charge in [-0.2, -0.15) is 11.8 Å². The number of ether oxygens (including phenoxy) is 1. The third kappa shape index (κ3) is 4.32. The van der Waals surface area contributed by atoms with Crippen LogP contribution in [-0.4, -0.2) is 49.1 Å². The molecule has 1 fully saturated rings. The van der Waals surface area contributed by atoms with Crippen LogP contribution >= 0.6 is 11.8 Å². The molecule has 5 heteroatoms. The van der Waals surface area contributed by atoms with Crippen molar-refractivity contribution in [3.63, 3.8) is 0 Å². The summed E-state index contributed by atoms with van der Waals surface area (Å²) < 4.78 is 5.39. The van der Waals surface area contributed by atoms with Gasteiger partial charge in [-0.3, -0.25) is 4.99 Å². The molecule has 1 aliphatic heterocycles. The second-order valence-electron chi connectivity index (χ2n) is 5.55. The molecule has 1 unspecified atom stereocenters. The zero-order valence-electron chi connectivity index (χ0n) is 14.1. The fourth-order valence-electron chi connectivity index (χ4n) is 2.65. The molecule has 0 aliphatic carbocycles. The van der Waals surface area contributed by atoms with Crippen LogP contribution in [0.2, 0.25) is 0 Å². The van der Waals surface area contributed by atoms with E-state index in [1.807, 2.05) is 7.05 Å². The molecule has 122 valence electrons. The van der Waals surface area contributed by atoms with Gasteiger partial charge in [0.05, 0.1) is 7.11 Å². The minimum atomic E-state index is 0.715. The maximum Gasteiger partial charge on any atom is 0.193 e. The van der Waals surface area contributed by atoms with Crippen LogP contribution in [0.25, 0.3) is 0 Å². The molecule has 1 atom stereocenters. The monoisotopic (exact) mass is 321 g/mol. The molecule has 4 nitrogen and oxygen atoms in total. The molecule has 1 heterocycles. The van der Waals surface area contributed by atoms with Crippen molar-refractivity contribution < 1.29 is 4.74 Å². The van der Waals surface area contributed by atoms with Gasteiger partial charge in [-0.1, -0.05) is 19.1 Å². The number of benzene rings is 1. The number of nitrogens with zero attached hydrogens (tertiary/aromatic N) is 2. The Morgan fingerprint density at radius 3 is 3.00 bits per heavy atom. The molecule has 0 spiro atoms. The van der Waals surface area contributed by atoms with Gasteiger partial charge >= 0.3 is 0 Å². The summed E-state index contributed by atoms with van der Waals surface area (Å²) in [6.07, 6.45) is 1.22. The summed E-state index contributed by atoms with van der Waals surface area (Å²) in [6.45, 7) is 7.24. The Bertz CT molecular complexity index is 519. The predicted molar refractivity (Wildman–Crippen MR) is 96.0 cm³/mol. The van der Waals surface area contributed by atoms with Gasteiger partial charge in [0, 0.05) is 37.7 Å². The Hall–Kier alpha value is -1.36. The lowest BCUT2D eigenvalue weighted by atomic mass is 10.1. The normalized spacial score (nSPS) is 19.2. The Balaban J connectivity index is 1.96. The molecule has 1 aliphatic rings. The zero-order valence-corrected chi connectivity index (χ0v) is 14.9. The minimum Gasteiger partial charge on any atom is -0.496 e. The first-order chi connectivity index (χ1) is 10.7. The van der Waals surface area contributed by atoms with Crippen molar-refractivity contribution in [2.24, 2.45) is 4.99 Å². The van der Waals surface area contributed by atoms with E-state index in [9.17, 15) is 0 Å². The van der Waals surface area contributed by atoms with Gasteiger partial charge in [0.1, 0.15) is 5.75 Å². The molecule has 1 aromatic rings. The van der Waals surface area contributed by atoms with Gasteiger partial charge in [-0.15, -0.1) is 0 Å². The van der Waals surface area contributed by atoms with Crippen LogP contribution in [0, 0.1) is 6.92 Å². The Morgan fingerprint density at radius 1 is 1.50 bits per heavy atom. The number of hydrogen-bond donors (Lipinski definition) is 1. The summed E-state index contributed by atoms with van der Waals surface area (Å²) in [6, 6.07) is 6.33. The predicted octanol–water partition coefficient (Wildman–Crippen LogP) is 2.91. The molecule has 1 N–H and O–H groups in total. The molecular formula is C17H27N3OS. The molecule has 1 aromatic carbocycles. The molecule has 0 aromatic heterocycles. The number of aliphatic imine (C=N–C) groups is 1. The lowest BCUT2D eigenvalue weighted by Crippen LogP contribution is -2.47. The van der Waals surface area contributed by atoms with E-state index in [-0.39, 0.29) is 0 Å². The van der Waals surface area contributed by atoms with Crippen molar-refractivity contribution in [3.05, 3.63) is 29.3 Å². The SMILES string of the molecule is CCC1CN(C(=NC)NCc2ccc(C)c(OC)c2)CCS1. The average Bonchev–Trinajstić information content (AvgIpc) is 2.57. The van der Waals surface area contributed by atoms with Gasteiger partial charge < -0.3 is 15.0 Å². The highest BCUT2D eigenvalue weighted by molar-refractivity contribution is 8.00. The van der Waals surface area contributed by atoms with Gasteiger partial charge in [-0.05, 0) is 30.5 Å². The summed E-state index contributed by atoms with van der Waals surface area (Å²) >= 11 is 2.07. The van der Waals surface area contributed by atoms with Crippen molar-refractivity contribution >= 4 is 17.7 Å². The summed E-state index contributed by atoms with van der Waals surface area (Å²) in [4.78, 5) is 6.82. The van der Waals surface area contributed by atoms with Crippen molar-refractivity contribution in [1.29, 1.82) is 0 Å². The first-order valence-corrected chi connectivity index (χ1v) is 8.93. The van der Waals surface area contributed by atoms with Crippen LogP contribution in [0.1, 0.15) is 24.5 Å². The van der Waals surface area contributed by atoms with Gasteiger partial charge in [0.25, 0.3) is 0 Å². The van der Waals surface area contributed by atoms with E-state index in [4.69, 9.17) is 4.74 Å². The quantitative estimate of drug-likeness (QED) is 0.683. The Labute approximate surface area is 138 Å². The van der Waals surface area contributed by atoms with Gasteiger partial charge in [0.15, 0.2) is 5.96 Å². The maximum absolute atomic E-state index is 5.39. The van der Waals surface area contributed by atoms with E-state index in [1.165, 1.54) is 17.7 Å². The summed E-state index contributed by atoms with van der Waals surface area (Å²) in [7, 11) is 3.58. The van der Waals surface area contributed by atoms with Crippen molar-refractivity contribution in [2.75, 3.05) is 33.0 Å². The topological polar surface area (TPSA) is 36.9 Å². The molecule has 0 radical (unpaired) electrons. The Morgan fingerprint density at radius 2 is 2.32 bits per heavy atom. The van der Waals surface area contributed by atoms with Crippen LogP contribution in [0.5, 0.6) is 5.75 Å². The largest absolute Gasteiger partial charge is 0.496 e. The van der Waals surface area contributed by atoms with E-state index in [0.29, 0.717) is 5.25 Å². The highest BCUT2D eigenvalue weighted by atomic mass is 32.2. The van der Waals surface area contributed by atoms with Crippen LogP contribution < -0.4 is 10.1 Å². The van der Waals surface area contributed by atoms with Crippen molar-refractivity contribution in [3.8, 4) is 5.75 Å². The number of hydrogen-bond acceptors (Lipinski definition) is 3. The second-order valence-corrected chi connectivity index (χ2v) is 6.96. The number of methoxy groups -OCH3 is 1. The summed E-state index contributed by atoms with van der Waals surface area (Å²) in [5, 5.41) is 4.20. The first kappa shape index (κ1) is 17.0. The van der Waals surface area contributed by atoms with Crippen LogP contribution in [0.3, 0.4) is 0 Å². The Kier molecular flexibility index (Phi) is 6.43. The minimum absolute atomic E-state index is 0.715. The van der Waals surface area contributed by atoms with Crippen LogP contribution in [0.4, 0.5) is 0 Å². The summed E-state index contributed by atoms with van der Waals surface area (Å²) in [5.41, 5.74) is 2.37. The molecule has 0 saturated carbocycles. The number of thioether (sulfide) groups is 1. The van der Waals surface area contributed by atoms with Gasteiger partial charge in [-0.25, -0.2) is 0 Å². The third-order valence-electron chi connectivity index (χ3n) is 4.03.